The third kappa shape index (κ3) is 4.11. The normalized spacial score (nSPS) is 16.8. The predicted octanol–water partition coefficient (Wildman–Crippen LogP) is 1.78. The molecule has 3 aromatic rings. The number of fused-ring (bicyclic) bond motifs is 2. The standard InChI is InChI=1S/C22H23N3O3S/c26-21(15-29-22-23-18-3-1-2-4-20(18)28-22)25-10-8-24(9-11-25)14-16-5-6-19-17(13-16)7-12-27-19/h1-6,13H,7-12,14-15H2/p+1. The number of benzene rings is 2. The number of para-hydroxylation sites is 2. The van der Waals surface area contributed by atoms with Gasteiger partial charge in [-0.25, -0.2) is 4.98 Å². The second-order valence-corrected chi connectivity index (χ2v) is 8.51. The van der Waals surface area contributed by atoms with E-state index in [0.717, 1.165) is 62.6 Å². The van der Waals surface area contributed by atoms with Crippen molar-refractivity contribution in [3.8, 4) is 5.75 Å². The highest BCUT2D eigenvalue weighted by atomic mass is 32.2. The van der Waals surface area contributed by atoms with Crippen LogP contribution >= 0.6 is 11.8 Å². The van der Waals surface area contributed by atoms with E-state index >= 15 is 0 Å². The van der Waals surface area contributed by atoms with Gasteiger partial charge in [0, 0.05) is 12.0 Å². The van der Waals surface area contributed by atoms with Crippen LogP contribution in [0.3, 0.4) is 0 Å². The van der Waals surface area contributed by atoms with Crippen molar-refractivity contribution >= 4 is 28.8 Å². The maximum absolute atomic E-state index is 12.6. The van der Waals surface area contributed by atoms with Crippen molar-refractivity contribution < 1.29 is 18.8 Å². The summed E-state index contributed by atoms with van der Waals surface area (Å²) >= 11 is 1.38. The van der Waals surface area contributed by atoms with Crippen LogP contribution in [-0.2, 0) is 17.8 Å². The van der Waals surface area contributed by atoms with E-state index in [-0.39, 0.29) is 5.91 Å². The summed E-state index contributed by atoms with van der Waals surface area (Å²) < 4.78 is 11.3. The molecule has 5 rings (SSSR count). The highest BCUT2D eigenvalue weighted by molar-refractivity contribution is 7.99. The van der Waals surface area contributed by atoms with Crippen molar-refractivity contribution in [2.45, 2.75) is 18.2 Å². The molecular formula is C22H24N3O3S+. The lowest BCUT2D eigenvalue weighted by atomic mass is 10.1. The molecule has 1 N–H and O–H groups in total. The molecule has 0 unspecified atom stereocenters. The molecule has 0 spiro atoms. The van der Waals surface area contributed by atoms with Gasteiger partial charge in [0.1, 0.15) is 17.8 Å². The van der Waals surface area contributed by atoms with Crippen LogP contribution in [0.15, 0.2) is 52.1 Å². The minimum atomic E-state index is 0.158. The van der Waals surface area contributed by atoms with Crippen molar-refractivity contribution in [2.24, 2.45) is 0 Å². The molecule has 1 aromatic heterocycles. The number of rotatable bonds is 5. The number of carbonyl (C=O) groups excluding carboxylic acids is 1. The zero-order valence-corrected chi connectivity index (χ0v) is 17.0. The van der Waals surface area contributed by atoms with Gasteiger partial charge in [-0.2, -0.15) is 0 Å². The fourth-order valence-electron chi connectivity index (χ4n) is 4.02. The number of carbonyl (C=O) groups is 1. The zero-order chi connectivity index (χ0) is 19.6. The van der Waals surface area contributed by atoms with E-state index in [1.807, 2.05) is 29.2 Å². The summed E-state index contributed by atoms with van der Waals surface area (Å²) in [5, 5.41) is 0.560. The molecule has 150 valence electrons. The van der Waals surface area contributed by atoms with Crippen molar-refractivity contribution in [3.05, 3.63) is 53.6 Å². The van der Waals surface area contributed by atoms with E-state index in [0.29, 0.717) is 11.0 Å². The quantitative estimate of drug-likeness (QED) is 0.650. The molecule has 2 aromatic carbocycles. The molecule has 7 heteroatoms. The van der Waals surface area contributed by atoms with Crippen molar-refractivity contribution in [1.29, 1.82) is 0 Å². The number of hydrogen-bond acceptors (Lipinski definition) is 5. The summed E-state index contributed by atoms with van der Waals surface area (Å²) in [6.45, 7) is 5.37. The molecule has 1 fully saturated rings. The molecule has 1 amide bonds. The van der Waals surface area contributed by atoms with E-state index < -0.39 is 0 Å². The molecule has 29 heavy (non-hydrogen) atoms. The van der Waals surface area contributed by atoms with Crippen LogP contribution in [0.1, 0.15) is 11.1 Å². The first kappa shape index (κ1) is 18.5. The number of nitrogens with zero attached hydrogens (tertiary/aromatic N) is 2. The van der Waals surface area contributed by atoms with Crippen molar-refractivity contribution in [2.75, 3.05) is 38.5 Å². The average molecular weight is 411 g/mol. The van der Waals surface area contributed by atoms with Crippen LogP contribution in [0, 0.1) is 0 Å². The van der Waals surface area contributed by atoms with Gasteiger partial charge in [0.15, 0.2) is 5.58 Å². The van der Waals surface area contributed by atoms with Gasteiger partial charge < -0.3 is 19.0 Å². The first-order valence-electron chi connectivity index (χ1n) is 10.1. The number of ether oxygens (including phenoxy) is 1. The molecule has 0 radical (unpaired) electrons. The predicted molar refractivity (Wildman–Crippen MR) is 111 cm³/mol. The Morgan fingerprint density at radius 3 is 2.90 bits per heavy atom. The number of thioether (sulfide) groups is 1. The molecule has 1 saturated heterocycles. The second-order valence-electron chi connectivity index (χ2n) is 7.58. The Labute approximate surface area is 173 Å². The van der Waals surface area contributed by atoms with Gasteiger partial charge in [-0.3, -0.25) is 4.79 Å². The van der Waals surface area contributed by atoms with Crippen molar-refractivity contribution in [1.82, 2.24) is 9.88 Å². The first-order chi connectivity index (χ1) is 14.2. The fraction of sp³-hybridized carbons (Fsp3) is 0.364. The number of oxazole rings is 1. The van der Waals surface area contributed by atoms with Crippen LogP contribution < -0.4 is 9.64 Å². The highest BCUT2D eigenvalue weighted by Crippen LogP contribution is 2.26. The molecular weight excluding hydrogens is 386 g/mol. The molecule has 2 aliphatic heterocycles. The van der Waals surface area contributed by atoms with Gasteiger partial charge in [0.25, 0.3) is 5.22 Å². The number of piperazine rings is 1. The Hall–Kier alpha value is -2.51. The maximum atomic E-state index is 12.6. The summed E-state index contributed by atoms with van der Waals surface area (Å²) in [7, 11) is 0. The summed E-state index contributed by atoms with van der Waals surface area (Å²) in [6.07, 6.45) is 1.01. The zero-order valence-electron chi connectivity index (χ0n) is 16.2. The number of nitrogens with one attached hydrogen (secondary N) is 1. The van der Waals surface area contributed by atoms with Crippen LogP contribution in [0.5, 0.6) is 5.75 Å². The summed E-state index contributed by atoms with van der Waals surface area (Å²) in [5.74, 6) is 1.56. The van der Waals surface area contributed by atoms with Crippen LogP contribution in [0.4, 0.5) is 0 Å². The second kappa shape index (κ2) is 8.08. The Balaban J connectivity index is 1.11. The van der Waals surface area contributed by atoms with Gasteiger partial charge in [0.05, 0.1) is 38.5 Å². The highest BCUT2D eigenvalue weighted by Gasteiger charge is 2.24. The third-order valence-electron chi connectivity index (χ3n) is 5.62. The van der Waals surface area contributed by atoms with E-state index in [4.69, 9.17) is 9.15 Å². The molecule has 0 saturated carbocycles. The largest absolute Gasteiger partial charge is 0.493 e. The minimum Gasteiger partial charge on any atom is -0.493 e. The number of quaternary nitrogens is 1. The monoisotopic (exact) mass is 410 g/mol. The fourth-order valence-corrected chi connectivity index (χ4v) is 4.76. The summed E-state index contributed by atoms with van der Waals surface area (Å²) in [5.41, 5.74) is 4.28. The summed E-state index contributed by atoms with van der Waals surface area (Å²) in [6, 6.07) is 14.2. The molecule has 2 aliphatic rings. The van der Waals surface area contributed by atoms with E-state index in [2.05, 4.69) is 23.2 Å². The lowest BCUT2D eigenvalue weighted by Crippen LogP contribution is -3.13. The molecule has 0 aliphatic carbocycles. The number of aromatic nitrogens is 1. The average Bonchev–Trinajstić information content (AvgIpc) is 3.38. The van der Waals surface area contributed by atoms with Gasteiger partial charge >= 0.3 is 0 Å². The molecule has 6 nitrogen and oxygen atoms in total. The third-order valence-corrected chi connectivity index (χ3v) is 6.44. The lowest BCUT2D eigenvalue weighted by molar-refractivity contribution is -0.917. The Kier molecular flexibility index (Phi) is 5.16. The van der Waals surface area contributed by atoms with Crippen LogP contribution in [0.2, 0.25) is 0 Å². The number of hydrogen-bond donors (Lipinski definition) is 1. The van der Waals surface area contributed by atoms with E-state index in [9.17, 15) is 4.79 Å². The van der Waals surface area contributed by atoms with Gasteiger partial charge in [-0.15, -0.1) is 0 Å². The Morgan fingerprint density at radius 1 is 1.17 bits per heavy atom. The topological polar surface area (TPSA) is 60.0 Å². The van der Waals surface area contributed by atoms with Gasteiger partial charge in [-0.1, -0.05) is 23.9 Å². The van der Waals surface area contributed by atoms with E-state index in [1.54, 1.807) is 0 Å². The smallest absolute Gasteiger partial charge is 0.257 e. The Bertz CT molecular complexity index is 994. The minimum absolute atomic E-state index is 0.158. The first-order valence-corrected chi connectivity index (χ1v) is 11.1. The summed E-state index contributed by atoms with van der Waals surface area (Å²) in [4.78, 5) is 20.5. The SMILES string of the molecule is O=C(CSc1nc2ccccc2o1)N1CC[NH+](Cc2ccc3c(c2)CCO3)CC1. The van der Waals surface area contributed by atoms with E-state index in [1.165, 1.54) is 27.8 Å². The van der Waals surface area contributed by atoms with Crippen LogP contribution in [0.25, 0.3) is 11.1 Å². The van der Waals surface area contributed by atoms with Crippen LogP contribution in [-0.4, -0.2) is 54.3 Å². The molecule has 3 heterocycles. The maximum Gasteiger partial charge on any atom is 0.257 e. The Morgan fingerprint density at radius 2 is 2.03 bits per heavy atom. The number of amides is 1. The van der Waals surface area contributed by atoms with Crippen molar-refractivity contribution in [3.63, 3.8) is 0 Å². The lowest BCUT2D eigenvalue weighted by Gasteiger charge is -2.32. The van der Waals surface area contributed by atoms with Gasteiger partial charge in [0.2, 0.25) is 5.91 Å². The molecule has 0 atom stereocenters. The molecule has 0 bridgehead atoms. The van der Waals surface area contributed by atoms with Gasteiger partial charge in [-0.05, 0) is 35.9 Å².